The van der Waals surface area contributed by atoms with E-state index in [9.17, 15) is 0 Å². The number of aromatic nitrogens is 1. The van der Waals surface area contributed by atoms with Crippen molar-refractivity contribution in [2.45, 2.75) is 0 Å². The molecule has 0 aliphatic rings. The first kappa shape index (κ1) is 12.3. The van der Waals surface area contributed by atoms with Crippen molar-refractivity contribution in [3.63, 3.8) is 0 Å². The van der Waals surface area contributed by atoms with Crippen LogP contribution in [0.3, 0.4) is 0 Å². The van der Waals surface area contributed by atoms with Gasteiger partial charge in [-0.2, -0.15) is 0 Å². The molecule has 1 nitrogen and oxygen atoms in total. The first-order valence-corrected chi connectivity index (χ1v) is 6.79. The molecule has 0 bridgehead atoms. The van der Waals surface area contributed by atoms with Crippen molar-refractivity contribution in [2.75, 3.05) is 0 Å². The summed E-state index contributed by atoms with van der Waals surface area (Å²) in [6, 6.07) is 14.0. The average Bonchev–Trinajstić information content (AvgIpc) is 2.78. The van der Waals surface area contributed by atoms with E-state index in [1.807, 2.05) is 42.6 Å². The van der Waals surface area contributed by atoms with Crippen LogP contribution in [0.4, 0.5) is 0 Å². The largest absolute Gasteiger partial charge is 0.361 e. The van der Waals surface area contributed by atoms with E-state index in [4.69, 9.17) is 11.6 Å². The molecule has 3 aromatic rings. The van der Waals surface area contributed by atoms with E-state index in [0.717, 1.165) is 21.7 Å². The lowest BCUT2D eigenvalue weighted by molar-refractivity contribution is -0.288. The molecule has 1 N–H and O–H groups in total. The molecular formula is C16H13Cl2N+2. The van der Waals surface area contributed by atoms with Crippen LogP contribution in [0.25, 0.3) is 23.1 Å². The monoisotopic (exact) mass is 289 g/mol. The van der Waals surface area contributed by atoms with Crippen molar-refractivity contribution in [3.8, 4) is 0 Å². The first-order valence-electron chi connectivity index (χ1n) is 5.96. The third-order valence-corrected chi connectivity index (χ3v) is 3.46. The van der Waals surface area contributed by atoms with Gasteiger partial charge >= 0.3 is 5.02 Å². The second-order valence-electron chi connectivity index (χ2n) is 4.37. The molecule has 2 aromatic carbocycles. The zero-order valence-corrected chi connectivity index (χ0v) is 11.7. The minimum Gasteiger partial charge on any atom is -0.361 e. The number of H-pyrrole nitrogens is 1. The van der Waals surface area contributed by atoms with Crippen molar-refractivity contribution in [1.82, 2.24) is 4.98 Å². The quantitative estimate of drug-likeness (QED) is 0.719. The third-order valence-electron chi connectivity index (χ3n) is 2.98. The van der Waals surface area contributed by atoms with Gasteiger partial charge in [-0.25, -0.2) is 0 Å². The molecule has 0 aliphatic carbocycles. The van der Waals surface area contributed by atoms with E-state index in [1.165, 1.54) is 5.39 Å². The molecule has 1 aromatic heterocycles. The van der Waals surface area contributed by atoms with Gasteiger partial charge in [0.1, 0.15) is 0 Å². The Labute approximate surface area is 121 Å². The van der Waals surface area contributed by atoms with Crippen LogP contribution in [-0.2, 0) is 0 Å². The molecule has 94 valence electrons. The summed E-state index contributed by atoms with van der Waals surface area (Å²) in [5, 5.41) is 2.78. The Morgan fingerprint density at radius 2 is 1.89 bits per heavy atom. The van der Waals surface area contributed by atoms with Gasteiger partial charge in [-0.05, 0) is 23.3 Å². The van der Waals surface area contributed by atoms with E-state index in [-0.39, 0.29) is 0 Å². The summed E-state index contributed by atoms with van der Waals surface area (Å²) in [4.78, 5) is 3.25. The summed E-state index contributed by atoms with van der Waals surface area (Å²) in [7, 11) is 0. The van der Waals surface area contributed by atoms with Gasteiger partial charge in [0.15, 0.2) is 0 Å². The van der Waals surface area contributed by atoms with E-state index < -0.39 is 0 Å². The maximum Gasteiger partial charge on any atom is 0.324 e. The van der Waals surface area contributed by atoms with E-state index in [1.54, 1.807) is 0 Å². The number of benzene rings is 2. The van der Waals surface area contributed by atoms with Crippen molar-refractivity contribution < 1.29 is 11.6 Å². The van der Waals surface area contributed by atoms with Gasteiger partial charge in [-0.15, -0.1) is 0 Å². The van der Waals surface area contributed by atoms with Crippen molar-refractivity contribution in [1.29, 1.82) is 0 Å². The highest BCUT2D eigenvalue weighted by atomic mass is 35.5. The summed E-state index contributed by atoms with van der Waals surface area (Å²) >= 11 is 10.3. The summed E-state index contributed by atoms with van der Waals surface area (Å²) in [6.07, 6.45) is 6.13. The highest BCUT2D eigenvalue weighted by Crippen LogP contribution is 2.21. The van der Waals surface area contributed by atoms with Gasteiger partial charge in [-0.1, -0.05) is 42.0 Å². The van der Waals surface area contributed by atoms with Crippen molar-refractivity contribution in [2.24, 2.45) is 0 Å². The van der Waals surface area contributed by atoms with Gasteiger partial charge in [-0.3, -0.25) is 0 Å². The minimum absolute atomic E-state index is 0.700. The van der Waals surface area contributed by atoms with Gasteiger partial charge in [0.2, 0.25) is 0 Å². The zero-order valence-electron chi connectivity index (χ0n) is 10.1. The lowest BCUT2D eigenvalue weighted by Crippen LogP contribution is -1.75. The molecule has 0 saturated carbocycles. The molecule has 0 saturated heterocycles. The maximum absolute atomic E-state index is 6.02. The lowest BCUT2D eigenvalue weighted by Gasteiger charge is -1.93. The Balaban J connectivity index is 1.98. The summed E-state index contributed by atoms with van der Waals surface area (Å²) < 4.78 is 0. The van der Waals surface area contributed by atoms with Crippen LogP contribution in [0.5, 0.6) is 0 Å². The normalized spacial score (nSPS) is 11.5. The third kappa shape index (κ3) is 2.67. The number of aromatic amines is 1. The molecule has 0 fully saturated rings. The van der Waals surface area contributed by atoms with Gasteiger partial charge in [0.25, 0.3) is 0 Å². The number of para-hydroxylation sites is 1. The molecule has 1 heterocycles. The van der Waals surface area contributed by atoms with E-state index in [2.05, 4.69) is 34.8 Å². The molecule has 3 rings (SSSR count). The first-order chi connectivity index (χ1) is 9.22. The fourth-order valence-corrected chi connectivity index (χ4v) is 2.72. The van der Waals surface area contributed by atoms with E-state index in [0.29, 0.717) is 5.02 Å². The Hall–Kier alpha value is -1.70. The van der Waals surface area contributed by atoms with Crippen LogP contribution in [0, 0.1) is 11.6 Å². The Kier molecular flexibility index (Phi) is 3.33. The van der Waals surface area contributed by atoms with Gasteiger partial charge in [0.05, 0.1) is 17.2 Å². The number of hydrogen-bond donors (Lipinski definition) is 1. The Morgan fingerprint density at radius 3 is 2.74 bits per heavy atom. The topological polar surface area (TPSA) is 15.8 Å². The van der Waals surface area contributed by atoms with Crippen LogP contribution < -0.4 is 0 Å². The molecule has 0 unspecified atom stereocenters. The average molecular weight is 290 g/mol. The predicted octanol–water partition coefficient (Wildman–Crippen LogP) is 4.42. The van der Waals surface area contributed by atoms with Gasteiger partial charge < -0.3 is 4.98 Å². The Morgan fingerprint density at radius 1 is 1.05 bits per heavy atom. The minimum atomic E-state index is 0.700. The Bertz CT molecular complexity index is 736. The smallest absolute Gasteiger partial charge is 0.324 e. The fourth-order valence-electron chi connectivity index (χ4n) is 2.11. The number of fused-ring (bicyclic) bond motifs is 1. The second-order valence-corrected chi connectivity index (χ2v) is 5.32. The SMILES string of the molecule is Clc1cc([ClH2+2])cc(/C=C/c2c[nH]c3ccccc23)c1. The van der Waals surface area contributed by atoms with Gasteiger partial charge in [0, 0.05) is 28.7 Å². The molecule has 0 atom stereocenters. The maximum atomic E-state index is 6.02. The highest BCUT2D eigenvalue weighted by molar-refractivity contribution is 6.30. The molecule has 19 heavy (non-hydrogen) atoms. The van der Waals surface area contributed by atoms with Crippen LogP contribution in [0.2, 0.25) is 10.0 Å². The number of hydrogen-bond acceptors (Lipinski definition) is 0. The zero-order chi connectivity index (χ0) is 13.2. The predicted molar refractivity (Wildman–Crippen MR) is 80.6 cm³/mol. The van der Waals surface area contributed by atoms with E-state index >= 15 is 0 Å². The lowest BCUT2D eigenvalue weighted by atomic mass is 10.1. The number of nitrogens with one attached hydrogen (secondary N) is 1. The van der Waals surface area contributed by atoms with Crippen LogP contribution in [-0.4, -0.2) is 4.98 Å². The molecule has 0 radical (unpaired) electrons. The molecule has 0 amide bonds. The summed E-state index contributed by atoms with van der Waals surface area (Å²) in [6.45, 7) is 0. The summed E-state index contributed by atoms with van der Waals surface area (Å²) in [5.41, 5.74) is 3.35. The standard InChI is InChI=1S/C16H13Cl2N/c17-13-7-11(8-14(18)9-13)5-6-12-10-19-16-4-2-1-3-15(12)16/h1-10,19H,17H2/q+2/b6-5+. The molecular weight excluding hydrogens is 277 g/mol. The molecule has 0 spiro atoms. The molecule has 3 heteroatoms. The fraction of sp³-hybridized carbons (Fsp3) is 0. The summed E-state index contributed by atoms with van der Waals surface area (Å²) in [5.74, 6) is 0. The molecule has 0 aliphatic heterocycles. The van der Waals surface area contributed by atoms with Crippen molar-refractivity contribution in [3.05, 3.63) is 69.8 Å². The van der Waals surface area contributed by atoms with Crippen LogP contribution in [0.15, 0.2) is 48.7 Å². The van der Waals surface area contributed by atoms with Crippen LogP contribution in [0.1, 0.15) is 11.1 Å². The second kappa shape index (κ2) is 5.12. The van der Waals surface area contributed by atoms with Crippen LogP contribution >= 0.6 is 11.6 Å². The number of rotatable bonds is 2. The highest BCUT2D eigenvalue weighted by Gasteiger charge is 2.04. The van der Waals surface area contributed by atoms with Crippen molar-refractivity contribution >= 4 is 34.7 Å². The number of halogens is 2.